The number of carbonyl (C=O) groups is 3. The van der Waals surface area contributed by atoms with Gasteiger partial charge in [-0.15, -0.1) is 0 Å². The van der Waals surface area contributed by atoms with E-state index in [1.807, 2.05) is 4.90 Å². The van der Waals surface area contributed by atoms with Gasteiger partial charge in [0, 0.05) is 18.2 Å². The number of aromatic nitrogens is 2. The van der Waals surface area contributed by atoms with Crippen LogP contribution in [0, 0.1) is 0 Å². The maximum atomic E-state index is 13.5. The molecule has 1 aliphatic carbocycles. The number of carbonyl (C=O) groups excluding carboxylic acids is 3. The van der Waals surface area contributed by atoms with Gasteiger partial charge in [0.05, 0.1) is 44.0 Å². The van der Waals surface area contributed by atoms with E-state index in [4.69, 9.17) is 14.0 Å². The van der Waals surface area contributed by atoms with Crippen molar-refractivity contribution < 1.29 is 33.1 Å². The maximum Gasteiger partial charge on any atom is 0.431 e. The lowest BCUT2D eigenvalue weighted by Crippen LogP contribution is -2.47. The molecule has 1 atom stereocenters. The molecule has 2 aromatic carbocycles. The summed E-state index contributed by atoms with van der Waals surface area (Å²) < 4.78 is 16.8. The lowest BCUT2D eigenvalue weighted by atomic mass is 10.2. The van der Waals surface area contributed by atoms with Gasteiger partial charge in [0.2, 0.25) is 11.6 Å². The number of hydrogen-bond acceptors (Lipinski definition) is 8. The fourth-order valence-electron chi connectivity index (χ4n) is 4.55. The molecule has 0 bridgehead atoms. The van der Waals surface area contributed by atoms with Gasteiger partial charge in [-0.1, -0.05) is 0 Å². The Hall–Kier alpha value is -4.25. The van der Waals surface area contributed by atoms with Crippen molar-refractivity contribution in [2.45, 2.75) is 44.8 Å². The third kappa shape index (κ3) is 4.77. The lowest BCUT2D eigenvalue weighted by molar-refractivity contribution is -0.678. The number of H-pyrrole nitrogens is 1. The topological polar surface area (TPSA) is 126 Å². The molecular weight excluding hydrogens is 480 g/mol. The highest BCUT2D eigenvalue weighted by Crippen LogP contribution is 2.35. The van der Waals surface area contributed by atoms with Gasteiger partial charge < -0.3 is 9.47 Å². The van der Waals surface area contributed by atoms with Crippen LogP contribution in [0.25, 0.3) is 5.69 Å². The smallest absolute Gasteiger partial charge is 0.431 e. The van der Waals surface area contributed by atoms with E-state index >= 15 is 0 Å². The van der Waals surface area contributed by atoms with Gasteiger partial charge in [-0.3, -0.25) is 19.0 Å². The number of hydrogen-bond donors (Lipinski definition) is 1. The quantitative estimate of drug-likeness (QED) is 0.264. The Morgan fingerprint density at radius 3 is 2.43 bits per heavy atom. The molecule has 5 rings (SSSR count). The van der Waals surface area contributed by atoms with Crippen molar-refractivity contribution in [1.82, 2.24) is 10.2 Å². The number of amides is 2. The summed E-state index contributed by atoms with van der Waals surface area (Å²) in [5.74, 6) is -0.506. The Labute approximate surface area is 212 Å². The van der Waals surface area contributed by atoms with Gasteiger partial charge in [0.25, 0.3) is 5.91 Å². The number of nitrogens with one attached hydrogen (secondary N) is 1. The van der Waals surface area contributed by atoms with Crippen LogP contribution < -0.4 is 19.9 Å². The molecule has 1 saturated carbocycles. The number of benzene rings is 2. The van der Waals surface area contributed by atoms with Crippen molar-refractivity contribution in [3.05, 3.63) is 70.2 Å². The Kier molecular flexibility index (Phi) is 6.62. The molecule has 37 heavy (non-hydrogen) atoms. The highest BCUT2D eigenvalue weighted by Gasteiger charge is 2.48. The minimum absolute atomic E-state index is 0.00669. The number of aromatic amines is 1. The number of imide groups is 1. The molecule has 1 unspecified atom stereocenters. The highest BCUT2D eigenvalue weighted by atomic mass is 16.5. The molecule has 2 amide bonds. The van der Waals surface area contributed by atoms with Crippen molar-refractivity contribution in [3.63, 3.8) is 0 Å². The lowest BCUT2D eigenvalue weighted by Gasteiger charge is -2.25. The number of rotatable bonds is 9. The van der Waals surface area contributed by atoms with Gasteiger partial charge in [-0.2, -0.15) is 0 Å². The van der Waals surface area contributed by atoms with Crippen LogP contribution in [-0.2, 0) is 20.9 Å². The fraction of sp³-hybridized carbons (Fsp3) is 0.346. The molecule has 1 N–H and O–H groups in total. The summed E-state index contributed by atoms with van der Waals surface area (Å²) in [5.41, 5.74) is 1.15. The third-order valence-electron chi connectivity index (χ3n) is 6.57. The number of methoxy groups -OCH3 is 1. The summed E-state index contributed by atoms with van der Waals surface area (Å²) in [5, 5.41) is 2.62. The van der Waals surface area contributed by atoms with E-state index in [0.717, 1.165) is 17.7 Å². The Morgan fingerprint density at radius 1 is 1.11 bits per heavy atom. The number of esters is 1. The average Bonchev–Trinajstić information content (AvgIpc) is 3.63. The van der Waals surface area contributed by atoms with Crippen molar-refractivity contribution >= 4 is 23.5 Å². The molecule has 1 aromatic heterocycles. The highest BCUT2D eigenvalue weighted by molar-refractivity contribution is 6.22. The monoisotopic (exact) mass is 507 g/mol. The molecule has 192 valence electrons. The van der Waals surface area contributed by atoms with Crippen LogP contribution in [0.2, 0.25) is 0 Å². The van der Waals surface area contributed by atoms with E-state index in [9.17, 15) is 19.2 Å². The number of anilines is 1. The average molecular weight is 508 g/mol. The van der Waals surface area contributed by atoms with Gasteiger partial charge >= 0.3 is 17.3 Å². The number of nitrogens with zero attached hydrogens (tertiary/aromatic N) is 3. The second-order valence-electron chi connectivity index (χ2n) is 8.92. The first kappa shape index (κ1) is 24.4. The molecule has 11 nitrogen and oxygen atoms in total. The first-order valence-corrected chi connectivity index (χ1v) is 12.1. The number of ether oxygens (including phenoxy) is 2. The van der Waals surface area contributed by atoms with Crippen molar-refractivity contribution in [3.8, 4) is 11.4 Å². The second-order valence-corrected chi connectivity index (χ2v) is 8.92. The summed E-state index contributed by atoms with van der Waals surface area (Å²) in [4.78, 5) is 54.1. The van der Waals surface area contributed by atoms with Crippen molar-refractivity contribution in [2.75, 3.05) is 18.6 Å². The minimum Gasteiger partial charge on any atom is -0.497 e. The molecule has 2 aliphatic rings. The van der Waals surface area contributed by atoms with Crippen molar-refractivity contribution in [2.24, 2.45) is 0 Å². The normalized spacial score (nSPS) is 17.5. The van der Waals surface area contributed by atoms with Gasteiger partial charge in [0.15, 0.2) is 0 Å². The zero-order chi connectivity index (χ0) is 26.1. The van der Waals surface area contributed by atoms with E-state index in [1.165, 1.54) is 16.8 Å². The van der Waals surface area contributed by atoms with Crippen LogP contribution in [0.5, 0.6) is 5.75 Å². The van der Waals surface area contributed by atoms with E-state index in [2.05, 4.69) is 5.27 Å². The fourth-order valence-corrected chi connectivity index (χ4v) is 4.55. The summed E-state index contributed by atoms with van der Waals surface area (Å²) in [7, 11) is 1.57. The molecule has 1 aliphatic heterocycles. The Morgan fingerprint density at radius 2 is 1.81 bits per heavy atom. The molecule has 2 fully saturated rings. The van der Waals surface area contributed by atoms with Crippen LogP contribution in [0.1, 0.15) is 42.2 Å². The third-order valence-corrected chi connectivity index (χ3v) is 6.57. The summed E-state index contributed by atoms with van der Waals surface area (Å²) >= 11 is 0. The SMILES string of the molecule is CCOC(=O)c1ccc(N2C(=O)CC(N(Cc3c(=O)o[nH][n+]3-c3ccc(OC)cc3)C3CC3)C2=O)cc1. The predicted octanol–water partition coefficient (Wildman–Crippen LogP) is 1.73. The summed E-state index contributed by atoms with van der Waals surface area (Å²) in [6.07, 6.45) is 1.72. The largest absolute Gasteiger partial charge is 0.497 e. The Bertz CT molecular complexity index is 1370. The summed E-state index contributed by atoms with van der Waals surface area (Å²) in [6, 6.07) is 12.6. The molecule has 0 spiro atoms. The zero-order valence-corrected chi connectivity index (χ0v) is 20.5. The zero-order valence-electron chi connectivity index (χ0n) is 20.5. The van der Waals surface area contributed by atoms with E-state index in [1.54, 1.807) is 50.4 Å². The summed E-state index contributed by atoms with van der Waals surface area (Å²) in [6.45, 7) is 2.09. The van der Waals surface area contributed by atoms with Crippen LogP contribution in [0.4, 0.5) is 5.69 Å². The molecule has 3 aromatic rings. The molecular formula is C26H27N4O7+. The predicted molar refractivity (Wildman–Crippen MR) is 129 cm³/mol. The van der Waals surface area contributed by atoms with E-state index < -0.39 is 17.6 Å². The van der Waals surface area contributed by atoms with Crippen LogP contribution in [0.15, 0.2) is 57.8 Å². The first-order valence-electron chi connectivity index (χ1n) is 12.1. The van der Waals surface area contributed by atoms with Gasteiger partial charge in [0.1, 0.15) is 5.75 Å². The maximum absolute atomic E-state index is 13.5. The molecule has 1 saturated heterocycles. The Balaban J connectivity index is 1.39. The molecule has 0 radical (unpaired) electrons. The van der Waals surface area contributed by atoms with Crippen LogP contribution in [0.3, 0.4) is 0 Å². The standard InChI is InChI=1S/C26H26N4O7/c1-3-36-25(33)16-4-6-18(7-5-16)29-23(31)14-21(24(29)32)28(17-8-9-17)15-22-26(34)37-27-30(22)19-10-12-20(35-2)13-11-19/h4-7,10-13,17,21H,3,8-9,14-15H2,1-2H3/p+1. The van der Waals surface area contributed by atoms with Crippen LogP contribution in [-0.4, -0.2) is 53.8 Å². The second kappa shape index (κ2) is 10.0. The first-order chi connectivity index (χ1) is 17.9. The van der Waals surface area contributed by atoms with Crippen molar-refractivity contribution in [1.29, 1.82) is 0 Å². The van der Waals surface area contributed by atoms with E-state index in [0.29, 0.717) is 28.4 Å². The molecule has 2 heterocycles. The minimum atomic E-state index is -0.719. The van der Waals surface area contributed by atoms with E-state index in [-0.39, 0.29) is 37.4 Å². The van der Waals surface area contributed by atoms with Gasteiger partial charge in [-0.25, -0.2) is 14.5 Å². The van der Waals surface area contributed by atoms with Gasteiger partial charge in [-0.05, 0) is 66.1 Å². The molecule has 11 heteroatoms. The van der Waals surface area contributed by atoms with Crippen LogP contribution >= 0.6 is 0 Å².